The number of nitrogens with two attached hydrogens (primary N) is 1. The fourth-order valence-electron chi connectivity index (χ4n) is 3.83. The average molecular weight is 380 g/mol. The lowest BCUT2D eigenvalue weighted by molar-refractivity contribution is -0.746. The van der Waals surface area contributed by atoms with Crippen LogP contribution in [0.1, 0.15) is 19.3 Å². The Kier molecular flexibility index (Phi) is 3.44. The van der Waals surface area contributed by atoms with Gasteiger partial charge in [0.05, 0.1) is 12.4 Å². The average Bonchev–Trinajstić information content (AvgIpc) is 2.83. The van der Waals surface area contributed by atoms with E-state index in [0.29, 0.717) is 17.3 Å². The summed E-state index contributed by atoms with van der Waals surface area (Å²) in [6.45, 7) is 1.55. The third-order valence-electron chi connectivity index (χ3n) is 5.23. The summed E-state index contributed by atoms with van der Waals surface area (Å²) < 4.78 is 0.696. The maximum atomic E-state index is 12.5. The van der Waals surface area contributed by atoms with E-state index in [2.05, 4.69) is 25.9 Å². The molecule has 4 rings (SSSR count). The zero-order chi connectivity index (χ0) is 16.2. The molecular formula is C15H20BrN6O+. The third kappa shape index (κ3) is 2.20. The summed E-state index contributed by atoms with van der Waals surface area (Å²) in [5.74, 6) is 6.62. The molecule has 2 amide bonds. The Labute approximate surface area is 143 Å². The van der Waals surface area contributed by atoms with Crippen LogP contribution in [0, 0.1) is 5.92 Å². The molecule has 0 aromatic rings. The van der Waals surface area contributed by atoms with E-state index in [0.717, 1.165) is 37.2 Å². The number of halogens is 1. The van der Waals surface area contributed by atoms with Gasteiger partial charge in [-0.2, -0.15) is 10.8 Å². The van der Waals surface area contributed by atoms with Crippen LogP contribution in [0.25, 0.3) is 0 Å². The molecule has 0 radical (unpaired) electrons. The van der Waals surface area contributed by atoms with Gasteiger partial charge in [-0.1, -0.05) is 0 Å². The van der Waals surface area contributed by atoms with E-state index in [-0.39, 0.29) is 16.5 Å². The summed E-state index contributed by atoms with van der Waals surface area (Å²) in [4.78, 5) is 25.2. The highest BCUT2D eigenvalue weighted by molar-refractivity contribution is 9.18. The number of aliphatic imine (C=N–C) groups is 2. The standard InChI is InChI=1S/C15H20BrN6O/c1-20-6-4-11-3-2-10(9-21(11)15(20)23)13-12-8-18-5-7-22(12,17)14(16)19-13/h5,7-8,10-11H,2-4,6,9,17H2,1H3/q+1. The van der Waals surface area contributed by atoms with Gasteiger partial charge in [-0.3, -0.25) is 4.99 Å². The molecule has 4 aliphatic rings. The highest BCUT2D eigenvalue weighted by Gasteiger charge is 2.46. The highest BCUT2D eigenvalue weighted by Crippen LogP contribution is 2.39. The van der Waals surface area contributed by atoms with Crippen LogP contribution in [0.15, 0.2) is 33.8 Å². The fraction of sp³-hybridized carbons (Fsp3) is 0.533. The highest BCUT2D eigenvalue weighted by atomic mass is 79.9. The zero-order valence-corrected chi connectivity index (χ0v) is 14.6. The minimum Gasteiger partial charge on any atom is -0.328 e. The second-order valence-corrected chi connectivity index (χ2v) is 7.29. The number of carbonyl (C=O) groups excluding carboxylic acids is 1. The minimum atomic E-state index is 0.0343. The third-order valence-corrected chi connectivity index (χ3v) is 5.99. The van der Waals surface area contributed by atoms with Crippen molar-refractivity contribution in [1.82, 2.24) is 9.80 Å². The van der Waals surface area contributed by atoms with Gasteiger partial charge in [0.2, 0.25) is 5.70 Å². The maximum absolute atomic E-state index is 12.5. The molecule has 0 bridgehead atoms. The first-order chi connectivity index (χ1) is 11.0. The number of carbonyl (C=O) groups is 1. The van der Waals surface area contributed by atoms with Crippen LogP contribution in [0.4, 0.5) is 4.79 Å². The molecule has 2 fully saturated rings. The SMILES string of the molecule is CN1CCC2CCC(C3=C4C=NC=C[N+]4(N)C(Br)=N3)CN2C1=O. The molecule has 23 heavy (non-hydrogen) atoms. The van der Waals surface area contributed by atoms with E-state index in [1.807, 2.05) is 11.9 Å². The Morgan fingerprint density at radius 3 is 3.04 bits per heavy atom. The number of quaternary nitrogens is 1. The predicted octanol–water partition coefficient (Wildman–Crippen LogP) is 1.74. The van der Waals surface area contributed by atoms with Crippen molar-refractivity contribution < 1.29 is 9.39 Å². The molecule has 3 atom stereocenters. The number of fused-ring (bicyclic) bond motifs is 2. The van der Waals surface area contributed by atoms with Crippen molar-refractivity contribution in [3.05, 3.63) is 23.8 Å². The van der Waals surface area contributed by atoms with Gasteiger partial charge in [0.1, 0.15) is 11.9 Å². The Bertz CT molecular complexity index is 683. The van der Waals surface area contributed by atoms with Gasteiger partial charge in [-0.15, -0.1) is 4.59 Å². The fourth-order valence-corrected chi connectivity index (χ4v) is 4.33. The van der Waals surface area contributed by atoms with E-state index in [1.54, 1.807) is 23.5 Å². The molecule has 4 heterocycles. The minimum absolute atomic E-state index is 0.0343. The van der Waals surface area contributed by atoms with Crippen LogP contribution in [-0.2, 0) is 0 Å². The van der Waals surface area contributed by atoms with Crippen molar-refractivity contribution in [2.75, 3.05) is 20.1 Å². The molecule has 2 N–H and O–H groups in total. The van der Waals surface area contributed by atoms with Gasteiger partial charge in [-0.05, 0) is 19.3 Å². The molecule has 4 aliphatic heterocycles. The van der Waals surface area contributed by atoms with Gasteiger partial charge in [-0.25, -0.2) is 4.79 Å². The van der Waals surface area contributed by atoms with Crippen LogP contribution in [-0.4, -0.2) is 57.6 Å². The van der Waals surface area contributed by atoms with Gasteiger partial charge in [0.15, 0.2) is 0 Å². The van der Waals surface area contributed by atoms with Crippen LogP contribution in [0.2, 0.25) is 0 Å². The molecule has 0 spiro atoms. The quantitative estimate of drug-likeness (QED) is 0.428. The van der Waals surface area contributed by atoms with E-state index < -0.39 is 0 Å². The first-order valence-corrected chi connectivity index (χ1v) is 8.69. The van der Waals surface area contributed by atoms with Crippen molar-refractivity contribution in [1.29, 1.82) is 0 Å². The molecule has 0 saturated carbocycles. The summed E-state index contributed by atoms with van der Waals surface area (Å²) in [7, 11) is 1.87. The second-order valence-electron chi connectivity index (χ2n) is 6.58. The van der Waals surface area contributed by atoms with Gasteiger partial charge in [0.25, 0.3) is 0 Å². The molecule has 8 heteroatoms. The summed E-state index contributed by atoms with van der Waals surface area (Å²) in [5.41, 5.74) is 1.84. The summed E-state index contributed by atoms with van der Waals surface area (Å²) >= 11 is 3.49. The van der Waals surface area contributed by atoms with Crippen molar-refractivity contribution >= 4 is 32.9 Å². The number of hydrogen-bond acceptors (Lipinski definition) is 4. The van der Waals surface area contributed by atoms with E-state index in [9.17, 15) is 4.79 Å². The number of allylic oxidation sites excluding steroid dienone is 1. The van der Waals surface area contributed by atoms with Crippen molar-refractivity contribution in [3.8, 4) is 0 Å². The molecule has 3 unspecified atom stereocenters. The van der Waals surface area contributed by atoms with Crippen LogP contribution in [0.5, 0.6) is 0 Å². The zero-order valence-electron chi connectivity index (χ0n) is 13.0. The van der Waals surface area contributed by atoms with Gasteiger partial charge >= 0.3 is 10.8 Å². The normalized spacial score (nSPS) is 36.3. The summed E-state index contributed by atoms with van der Waals surface area (Å²) in [6.07, 6.45) is 8.37. The summed E-state index contributed by atoms with van der Waals surface area (Å²) in [6, 6.07) is 0.495. The van der Waals surface area contributed by atoms with Crippen molar-refractivity contribution in [2.24, 2.45) is 21.7 Å². The number of rotatable bonds is 1. The Hall–Kier alpha value is -1.51. The molecule has 122 valence electrons. The molecule has 0 aromatic heterocycles. The maximum Gasteiger partial charge on any atom is 0.320 e. The largest absolute Gasteiger partial charge is 0.328 e. The lowest BCUT2D eigenvalue weighted by Crippen LogP contribution is -2.56. The van der Waals surface area contributed by atoms with Gasteiger partial charge in [0, 0.05) is 48.0 Å². The number of urea groups is 1. The second kappa shape index (κ2) is 5.25. The van der Waals surface area contributed by atoms with Gasteiger partial charge < -0.3 is 9.80 Å². The number of hydrogen-bond donors (Lipinski definition) is 1. The number of nitrogens with zero attached hydrogens (tertiary/aromatic N) is 5. The summed E-state index contributed by atoms with van der Waals surface area (Å²) in [5, 5.41) is 0. The Morgan fingerprint density at radius 1 is 1.39 bits per heavy atom. The van der Waals surface area contributed by atoms with Crippen molar-refractivity contribution in [3.63, 3.8) is 0 Å². The molecular weight excluding hydrogens is 360 g/mol. The Morgan fingerprint density at radius 2 is 2.22 bits per heavy atom. The topological polar surface area (TPSA) is 74.3 Å². The van der Waals surface area contributed by atoms with E-state index in [1.165, 1.54) is 0 Å². The van der Waals surface area contributed by atoms with E-state index in [4.69, 9.17) is 5.84 Å². The first-order valence-electron chi connectivity index (χ1n) is 7.90. The lowest BCUT2D eigenvalue weighted by Gasteiger charge is -2.45. The molecule has 7 nitrogen and oxygen atoms in total. The number of amides is 2. The number of amidine groups is 1. The lowest BCUT2D eigenvalue weighted by atomic mass is 9.87. The molecule has 0 aliphatic carbocycles. The van der Waals surface area contributed by atoms with Crippen LogP contribution >= 0.6 is 15.9 Å². The van der Waals surface area contributed by atoms with Crippen LogP contribution in [0.3, 0.4) is 0 Å². The van der Waals surface area contributed by atoms with Crippen LogP contribution < -0.4 is 5.84 Å². The Balaban J connectivity index is 1.64. The molecule has 0 aromatic carbocycles. The predicted molar refractivity (Wildman–Crippen MR) is 91.3 cm³/mol. The number of piperidine rings is 1. The smallest absolute Gasteiger partial charge is 0.320 e. The first kappa shape index (κ1) is 15.0. The van der Waals surface area contributed by atoms with Crippen molar-refractivity contribution in [2.45, 2.75) is 25.3 Å². The van der Waals surface area contributed by atoms with E-state index >= 15 is 0 Å². The molecule has 2 saturated heterocycles. The monoisotopic (exact) mass is 379 g/mol.